The van der Waals surface area contributed by atoms with Gasteiger partial charge in [-0.15, -0.1) is 11.6 Å². The second-order valence-corrected chi connectivity index (χ2v) is 5.48. The molecule has 1 aliphatic rings. The minimum Gasteiger partial charge on any atom is -0.375 e. The van der Waals surface area contributed by atoms with Crippen LogP contribution < -0.4 is 0 Å². The Hall–Kier alpha value is -0.530. The fraction of sp³-hybridized carbons (Fsp3) is 0.600. The molecule has 0 heterocycles. The van der Waals surface area contributed by atoms with Gasteiger partial charge in [-0.2, -0.15) is 0 Å². The number of benzene rings is 1. The summed E-state index contributed by atoms with van der Waals surface area (Å²) in [5.41, 5.74) is 1.22. The Morgan fingerprint density at radius 1 is 1.12 bits per heavy atom. The fourth-order valence-electron chi connectivity index (χ4n) is 2.50. The first-order valence-corrected chi connectivity index (χ1v) is 7.05. The molecule has 0 aliphatic heterocycles. The molecule has 0 amide bonds. The van der Waals surface area contributed by atoms with Crippen LogP contribution in [0.1, 0.15) is 37.7 Å². The molecule has 17 heavy (non-hydrogen) atoms. The van der Waals surface area contributed by atoms with Gasteiger partial charge in [0.25, 0.3) is 0 Å². The number of hydrogen-bond acceptors (Lipinski definition) is 1. The summed E-state index contributed by atoms with van der Waals surface area (Å²) in [6.07, 6.45) is 6.62. The Morgan fingerprint density at radius 3 is 2.53 bits per heavy atom. The molecule has 1 nitrogen and oxygen atoms in total. The maximum Gasteiger partial charge on any atom is 0.0717 e. The molecule has 0 aromatic heterocycles. The maximum atomic E-state index is 6.40. The van der Waals surface area contributed by atoms with E-state index in [1.54, 1.807) is 0 Å². The van der Waals surface area contributed by atoms with E-state index in [-0.39, 0.29) is 5.38 Å². The SMILES string of the molecule is ClC(COCc1ccccc1)C1CCCCC1. The Morgan fingerprint density at radius 2 is 1.82 bits per heavy atom. The van der Waals surface area contributed by atoms with Gasteiger partial charge in [0.05, 0.1) is 18.6 Å². The lowest BCUT2D eigenvalue weighted by Crippen LogP contribution is -2.22. The van der Waals surface area contributed by atoms with E-state index < -0.39 is 0 Å². The standard InChI is InChI=1S/C15H21ClO/c16-15(14-9-5-2-6-10-14)12-17-11-13-7-3-1-4-8-13/h1,3-4,7-8,14-15H,2,5-6,9-12H2. The van der Waals surface area contributed by atoms with Crippen LogP contribution in [0, 0.1) is 5.92 Å². The Balaban J connectivity index is 1.67. The molecule has 0 spiro atoms. The molecule has 1 aromatic rings. The summed E-state index contributed by atoms with van der Waals surface area (Å²) in [5, 5.41) is 0.194. The molecule has 1 aromatic carbocycles. The van der Waals surface area contributed by atoms with Crippen molar-refractivity contribution in [2.75, 3.05) is 6.61 Å². The second kappa shape index (κ2) is 7.03. The number of halogens is 1. The zero-order valence-electron chi connectivity index (χ0n) is 10.3. The molecular weight excluding hydrogens is 232 g/mol. The van der Waals surface area contributed by atoms with E-state index in [1.807, 2.05) is 18.2 Å². The minimum absolute atomic E-state index is 0.194. The molecule has 1 saturated carbocycles. The van der Waals surface area contributed by atoms with E-state index in [4.69, 9.17) is 16.3 Å². The van der Waals surface area contributed by atoms with Crippen LogP contribution in [0.15, 0.2) is 30.3 Å². The third-order valence-corrected chi connectivity index (χ3v) is 4.03. The van der Waals surface area contributed by atoms with Crippen molar-refractivity contribution in [3.63, 3.8) is 0 Å². The van der Waals surface area contributed by atoms with Crippen LogP contribution in [0.3, 0.4) is 0 Å². The topological polar surface area (TPSA) is 9.23 Å². The first kappa shape index (κ1) is 12.9. The number of hydrogen-bond donors (Lipinski definition) is 0. The van der Waals surface area contributed by atoms with Gasteiger partial charge in [0, 0.05) is 0 Å². The van der Waals surface area contributed by atoms with Gasteiger partial charge < -0.3 is 4.74 Å². The lowest BCUT2D eigenvalue weighted by atomic mass is 9.87. The first-order chi connectivity index (χ1) is 8.36. The lowest BCUT2D eigenvalue weighted by molar-refractivity contribution is 0.104. The van der Waals surface area contributed by atoms with Crippen LogP contribution in [0.4, 0.5) is 0 Å². The summed E-state index contributed by atoms with van der Waals surface area (Å²) in [6.45, 7) is 1.36. The third-order valence-electron chi connectivity index (χ3n) is 3.55. The molecule has 0 radical (unpaired) electrons. The van der Waals surface area contributed by atoms with Gasteiger partial charge >= 0.3 is 0 Å². The quantitative estimate of drug-likeness (QED) is 0.707. The lowest BCUT2D eigenvalue weighted by Gasteiger charge is -2.25. The first-order valence-electron chi connectivity index (χ1n) is 6.62. The normalized spacial score (nSPS) is 19.1. The number of alkyl halides is 1. The second-order valence-electron chi connectivity index (χ2n) is 4.91. The maximum absolute atomic E-state index is 6.40. The zero-order valence-corrected chi connectivity index (χ0v) is 11.0. The van der Waals surface area contributed by atoms with E-state index in [1.165, 1.54) is 37.7 Å². The van der Waals surface area contributed by atoms with Gasteiger partial charge in [0.2, 0.25) is 0 Å². The van der Waals surface area contributed by atoms with Crippen LogP contribution in [0.5, 0.6) is 0 Å². The van der Waals surface area contributed by atoms with Crippen molar-refractivity contribution in [3.8, 4) is 0 Å². The van der Waals surface area contributed by atoms with Crippen molar-refractivity contribution < 1.29 is 4.74 Å². The van der Waals surface area contributed by atoms with Crippen LogP contribution in [-0.2, 0) is 11.3 Å². The molecule has 0 saturated heterocycles. The van der Waals surface area contributed by atoms with E-state index in [2.05, 4.69) is 12.1 Å². The monoisotopic (exact) mass is 252 g/mol. The molecule has 1 unspecified atom stereocenters. The summed E-state index contributed by atoms with van der Waals surface area (Å²) < 4.78 is 5.70. The van der Waals surface area contributed by atoms with Crippen LogP contribution in [-0.4, -0.2) is 12.0 Å². The third kappa shape index (κ3) is 4.33. The Kier molecular flexibility index (Phi) is 5.34. The van der Waals surface area contributed by atoms with Crippen molar-refractivity contribution in [2.24, 2.45) is 5.92 Å². The molecule has 1 fully saturated rings. The van der Waals surface area contributed by atoms with Gasteiger partial charge in [0.15, 0.2) is 0 Å². The van der Waals surface area contributed by atoms with Gasteiger partial charge in [-0.1, -0.05) is 49.6 Å². The Labute approximate surface area is 109 Å². The van der Waals surface area contributed by atoms with Crippen molar-refractivity contribution in [1.29, 1.82) is 0 Å². The van der Waals surface area contributed by atoms with E-state index in [9.17, 15) is 0 Å². The number of ether oxygens (including phenoxy) is 1. The van der Waals surface area contributed by atoms with Crippen molar-refractivity contribution in [1.82, 2.24) is 0 Å². The van der Waals surface area contributed by atoms with Crippen LogP contribution >= 0.6 is 11.6 Å². The summed E-state index contributed by atoms with van der Waals surface area (Å²) >= 11 is 6.40. The molecule has 2 heteroatoms. The fourth-order valence-corrected chi connectivity index (χ4v) is 2.84. The highest BCUT2D eigenvalue weighted by atomic mass is 35.5. The predicted molar refractivity (Wildman–Crippen MR) is 72.3 cm³/mol. The molecule has 94 valence electrons. The predicted octanol–water partition coefficient (Wildman–Crippen LogP) is 4.39. The summed E-state index contributed by atoms with van der Waals surface area (Å²) in [5.74, 6) is 0.668. The Bertz CT molecular complexity index is 306. The van der Waals surface area contributed by atoms with E-state index in [0.717, 1.165) is 0 Å². The molecular formula is C15H21ClO. The average Bonchev–Trinajstić information content (AvgIpc) is 2.41. The molecule has 2 rings (SSSR count). The van der Waals surface area contributed by atoms with Crippen molar-refractivity contribution in [2.45, 2.75) is 44.1 Å². The average molecular weight is 253 g/mol. The molecule has 1 aliphatic carbocycles. The van der Waals surface area contributed by atoms with Gasteiger partial charge in [0.1, 0.15) is 0 Å². The van der Waals surface area contributed by atoms with E-state index >= 15 is 0 Å². The highest BCUT2D eigenvalue weighted by molar-refractivity contribution is 6.20. The van der Waals surface area contributed by atoms with Gasteiger partial charge in [-0.3, -0.25) is 0 Å². The highest BCUT2D eigenvalue weighted by Crippen LogP contribution is 2.29. The number of rotatable bonds is 5. The van der Waals surface area contributed by atoms with Crippen LogP contribution in [0.25, 0.3) is 0 Å². The minimum atomic E-state index is 0.194. The smallest absolute Gasteiger partial charge is 0.0717 e. The van der Waals surface area contributed by atoms with Gasteiger partial charge in [-0.05, 0) is 24.3 Å². The van der Waals surface area contributed by atoms with Crippen molar-refractivity contribution >= 4 is 11.6 Å². The highest BCUT2D eigenvalue weighted by Gasteiger charge is 2.21. The molecule has 1 atom stereocenters. The van der Waals surface area contributed by atoms with Gasteiger partial charge in [-0.25, -0.2) is 0 Å². The van der Waals surface area contributed by atoms with E-state index in [0.29, 0.717) is 19.1 Å². The largest absolute Gasteiger partial charge is 0.375 e. The summed E-state index contributed by atoms with van der Waals surface area (Å²) in [4.78, 5) is 0. The van der Waals surface area contributed by atoms with Crippen molar-refractivity contribution in [3.05, 3.63) is 35.9 Å². The summed E-state index contributed by atoms with van der Waals surface area (Å²) in [7, 11) is 0. The van der Waals surface area contributed by atoms with Crippen LogP contribution in [0.2, 0.25) is 0 Å². The summed E-state index contributed by atoms with van der Waals surface area (Å²) in [6, 6.07) is 10.3. The molecule has 0 N–H and O–H groups in total. The zero-order chi connectivity index (χ0) is 11.9. The molecule has 0 bridgehead atoms.